The van der Waals surface area contributed by atoms with Crippen LogP contribution in [0.15, 0.2) is 24.3 Å². The number of carbonyl (C=O) groups excluding carboxylic acids is 2. The minimum Gasteiger partial charge on any atom is -0.378 e. The van der Waals surface area contributed by atoms with Gasteiger partial charge in [0.2, 0.25) is 5.78 Å². The highest BCUT2D eigenvalue weighted by molar-refractivity contribution is 5.84. The van der Waals surface area contributed by atoms with Crippen molar-refractivity contribution in [1.82, 2.24) is 0 Å². The second-order valence-corrected chi connectivity index (χ2v) is 17.4. The molecule has 308 valence electrons. The molecule has 9 fully saturated rings. The maximum Gasteiger partial charge on any atom is 0.450 e. The summed E-state index contributed by atoms with van der Waals surface area (Å²) >= 11 is 0. The van der Waals surface area contributed by atoms with Gasteiger partial charge in [-0.3, -0.25) is 9.59 Å². The minimum absolute atomic E-state index is 0.00920. The molecule has 0 aromatic heterocycles. The lowest BCUT2D eigenvalue weighted by Crippen LogP contribution is -2.61. The summed E-state index contributed by atoms with van der Waals surface area (Å²) in [6.45, 7) is 14.6. The van der Waals surface area contributed by atoms with E-state index in [1.807, 2.05) is 13.8 Å². The average molecular weight is 783 g/mol. The SMILES string of the molecule is C=C1CC(CCC23CC4OC5C(OC6CCC(CC(=O)CC7C(CC8OC(CC)CC(C)C8=C)OC(CC(=O)C(F)(F)F)C7OC)OC6C5O2)C4O3)OC1C. The van der Waals surface area contributed by atoms with Crippen molar-refractivity contribution >= 4 is 11.6 Å². The first kappa shape index (κ1) is 40.0. The monoisotopic (exact) mass is 782 g/mol. The van der Waals surface area contributed by atoms with Crippen molar-refractivity contribution in [2.24, 2.45) is 11.8 Å². The molecule has 9 aliphatic heterocycles. The Labute approximate surface area is 321 Å². The van der Waals surface area contributed by atoms with E-state index in [0.29, 0.717) is 32.1 Å². The van der Waals surface area contributed by atoms with Crippen LogP contribution in [-0.4, -0.2) is 122 Å². The van der Waals surface area contributed by atoms with Gasteiger partial charge in [0.25, 0.3) is 0 Å². The number of methoxy groups -OCH3 is 1. The van der Waals surface area contributed by atoms with Gasteiger partial charge in [0, 0.05) is 51.6 Å². The van der Waals surface area contributed by atoms with Crippen LogP contribution in [-0.2, 0) is 52.2 Å². The molecule has 14 heteroatoms. The normalized spacial score (nSPS) is 47.7. The van der Waals surface area contributed by atoms with Crippen molar-refractivity contribution in [1.29, 1.82) is 0 Å². The lowest BCUT2D eigenvalue weighted by Gasteiger charge is -2.47. The van der Waals surface area contributed by atoms with E-state index in [9.17, 15) is 22.8 Å². The summed E-state index contributed by atoms with van der Waals surface area (Å²) in [5, 5.41) is 0. The summed E-state index contributed by atoms with van der Waals surface area (Å²) in [7, 11) is 1.38. The van der Waals surface area contributed by atoms with E-state index in [4.69, 9.17) is 42.6 Å². The van der Waals surface area contributed by atoms with Gasteiger partial charge in [-0.1, -0.05) is 27.0 Å². The maximum absolute atomic E-state index is 14.0. The summed E-state index contributed by atoms with van der Waals surface area (Å²) in [4.78, 5) is 26.1. The summed E-state index contributed by atoms with van der Waals surface area (Å²) in [5.74, 6) is -3.27. The number of alkyl halides is 3. The molecule has 0 N–H and O–H groups in total. The van der Waals surface area contributed by atoms with Crippen LogP contribution in [0.25, 0.3) is 0 Å². The van der Waals surface area contributed by atoms with E-state index in [-0.39, 0.29) is 73.4 Å². The van der Waals surface area contributed by atoms with Gasteiger partial charge in [0.15, 0.2) is 5.79 Å². The van der Waals surface area contributed by atoms with Gasteiger partial charge < -0.3 is 42.6 Å². The number of fused-ring (bicyclic) bond motifs is 1. The van der Waals surface area contributed by atoms with Gasteiger partial charge in [0.1, 0.15) is 36.3 Å². The van der Waals surface area contributed by atoms with Crippen LogP contribution < -0.4 is 0 Å². The van der Waals surface area contributed by atoms with Crippen LogP contribution in [0.5, 0.6) is 0 Å². The van der Waals surface area contributed by atoms with Gasteiger partial charge in [-0.25, -0.2) is 0 Å². The number of hydrogen-bond donors (Lipinski definition) is 0. The maximum atomic E-state index is 14.0. The van der Waals surface area contributed by atoms with E-state index >= 15 is 0 Å². The van der Waals surface area contributed by atoms with Crippen LogP contribution in [0.1, 0.15) is 97.8 Å². The Hall–Kier alpha value is -1.75. The first-order chi connectivity index (χ1) is 26.1. The third-order valence-corrected chi connectivity index (χ3v) is 13.8. The first-order valence-electron chi connectivity index (χ1n) is 20.4. The zero-order valence-corrected chi connectivity index (χ0v) is 32.3. The second kappa shape index (κ2) is 15.4. The molecular weight excluding hydrogens is 725 g/mol. The predicted molar refractivity (Wildman–Crippen MR) is 189 cm³/mol. The summed E-state index contributed by atoms with van der Waals surface area (Å²) in [6.07, 6.45) is -5.40. The molecule has 0 radical (unpaired) electrons. The number of ketones is 2. The zero-order valence-electron chi connectivity index (χ0n) is 32.3. The molecule has 0 aromatic carbocycles. The fourth-order valence-corrected chi connectivity index (χ4v) is 10.7. The topological polar surface area (TPSA) is 117 Å². The van der Waals surface area contributed by atoms with Crippen LogP contribution >= 0.6 is 0 Å². The van der Waals surface area contributed by atoms with Crippen molar-refractivity contribution in [3.8, 4) is 0 Å². The molecule has 9 heterocycles. The molecule has 9 aliphatic rings. The molecule has 0 spiro atoms. The number of Topliss-reactive ketones (excluding diaryl/α,β-unsaturated/α-hetero) is 2. The third-order valence-electron chi connectivity index (χ3n) is 13.8. The fourth-order valence-electron chi connectivity index (χ4n) is 10.7. The fraction of sp³-hybridized carbons (Fsp3) is 0.854. The molecule has 0 aliphatic carbocycles. The van der Waals surface area contributed by atoms with Gasteiger partial charge in [-0.15, -0.1) is 0 Å². The quantitative estimate of drug-likeness (QED) is 0.209. The number of carbonyl (C=O) groups is 2. The molecule has 0 amide bonds. The molecule has 6 bridgehead atoms. The van der Waals surface area contributed by atoms with Crippen molar-refractivity contribution in [2.75, 3.05) is 7.11 Å². The van der Waals surface area contributed by atoms with E-state index < -0.39 is 72.8 Å². The number of hydrogen-bond acceptors (Lipinski definition) is 11. The van der Waals surface area contributed by atoms with Gasteiger partial charge >= 0.3 is 6.18 Å². The molecular formula is C41H57F3O11. The van der Waals surface area contributed by atoms with Gasteiger partial charge in [-0.2, -0.15) is 13.2 Å². The molecule has 18 unspecified atom stereocenters. The molecule has 0 saturated carbocycles. The Morgan fingerprint density at radius 2 is 1.58 bits per heavy atom. The minimum atomic E-state index is -5.01. The number of rotatable bonds is 13. The predicted octanol–water partition coefficient (Wildman–Crippen LogP) is 5.89. The third kappa shape index (κ3) is 7.78. The van der Waals surface area contributed by atoms with E-state index in [1.165, 1.54) is 7.11 Å². The summed E-state index contributed by atoms with van der Waals surface area (Å²) in [5.41, 5.74) is 1.98. The molecule has 55 heavy (non-hydrogen) atoms. The Morgan fingerprint density at radius 3 is 2.29 bits per heavy atom. The molecule has 9 saturated heterocycles. The Morgan fingerprint density at radius 1 is 0.836 bits per heavy atom. The summed E-state index contributed by atoms with van der Waals surface area (Å²) < 4.78 is 98.0. The summed E-state index contributed by atoms with van der Waals surface area (Å²) in [6, 6.07) is 0. The molecule has 11 nitrogen and oxygen atoms in total. The van der Waals surface area contributed by atoms with Crippen molar-refractivity contribution in [3.05, 3.63) is 24.3 Å². The highest BCUT2D eigenvalue weighted by Gasteiger charge is 2.68. The van der Waals surface area contributed by atoms with Crippen molar-refractivity contribution in [2.45, 2.75) is 201 Å². The zero-order chi connectivity index (χ0) is 39.0. The first-order valence-corrected chi connectivity index (χ1v) is 20.4. The number of halogens is 3. The average Bonchev–Trinajstić information content (AvgIpc) is 3.80. The van der Waals surface area contributed by atoms with E-state index in [0.717, 1.165) is 36.8 Å². The smallest absolute Gasteiger partial charge is 0.378 e. The van der Waals surface area contributed by atoms with Crippen LogP contribution in [0.3, 0.4) is 0 Å². The highest BCUT2D eigenvalue weighted by Crippen LogP contribution is 2.54. The van der Waals surface area contributed by atoms with Crippen molar-refractivity contribution in [3.63, 3.8) is 0 Å². The lowest BCUT2D eigenvalue weighted by molar-refractivity contribution is -0.292. The lowest BCUT2D eigenvalue weighted by atomic mass is 9.81. The largest absolute Gasteiger partial charge is 0.450 e. The standard InChI is InChI=1S/C41H57F3O11/c1-7-24-12-19(2)21(4)29(49-24)16-30-27(34(47-6)31(51-30)17-33(46)41(42,43)44)15-23(45)14-25-8-9-28-35(50-25)39-38-37(52-28)36-32(53-38)18-40(54-36,55-39)11-10-26-13-20(3)22(5)48-26/h19,22,24-32,34-39H,3-4,7-18H2,1-2,5-6H3. The Kier molecular flexibility index (Phi) is 11.2. The molecule has 0 aromatic rings. The van der Waals surface area contributed by atoms with Gasteiger partial charge in [0.05, 0.1) is 61.0 Å². The highest BCUT2D eigenvalue weighted by atomic mass is 19.4. The van der Waals surface area contributed by atoms with Crippen molar-refractivity contribution < 1.29 is 65.4 Å². The van der Waals surface area contributed by atoms with Crippen LogP contribution in [0.4, 0.5) is 13.2 Å². The van der Waals surface area contributed by atoms with Crippen LogP contribution in [0, 0.1) is 11.8 Å². The van der Waals surface area contributed by atoms with Crippen LogP contribution in [0.2, 0.25) is 0 Å². The second-order valence-electron chi connectivity index (χ2n) is 17.4. The number of ether oxygens (including phenoxy) is 9. The van der Waals surface area contributed by atoms with Gasteiger partial charge in [-0.05, 0) is 62.5 Å². The Bertz CT molecular complexity index is 1490. The Balaban J connectivity index is 0.941. The molecule has 18 atom stereocenters. The van der Waals surface area contributed by atoms with E-state index in [1.54, 1.807) is 0 Å². The molecule has 9 rings (SSSR count). The van der Waals surface area contributed by atoms with E-state index in [2.05, 4.69) is 20.1 Å².